The number of imidazole rings is 1. The van der Waals surface area contributed by atoms with Gasteiger partial charge in [0.25, 0.3) is 5.56 Å². The topological polar surface area (TPSA) is 99.1 Å². The number of hydrogen-bond acceptors (Lipinski definition) is 4. The number of rotatable bonds is 3. The SMILES string of the molecule is CC(C)Cn1c(=O)n(C)c(=O)c2c1nc(C(=O)O)n2C. The summed E-state index contributed by atoms with van der Waals surface area (Å²) in [5.74, 6) is -1.35. The number of fused-ring (bicyclic) bond motifs is 1. The summed E-state index contributed by atoms with van der Waals surface area (Å²) in [6.45, 7) is 4.20. The molecule has 2 aromatic rings. The molecule has 0 radical (unpaired) electrons. The van der Waals surface area contributed by atoms with E-state index >= 15 is 0 Å². The number of aromatic carboxylic acids is 1. The quantitative estimate of drug-likeness (QED) is 0.838. The fourth-order valence-electron chi connectivity index (χ4n) is 2.15. The van der Waals surface area contributed by atoms with E-state index in [4.69, 9.17) is 5.11 Å². The molecule has 0 fully saturated rings. The molecular weight excluding hydrogens is 264 g/mol. The zero-order chi connectivity index (χ0) is 15.2. The number of nitrogens with zero attached hydrogens (tertiary/aromatic N) is 4. The standard InChI is InChI=1S/C12H16N4O4/c1-6(2)5-16-8-7(10(17)15(4)12(16)20)14(3)9(13-8)11(18)19/h6H,5H2,1-4H3,(H,18,19). The molecule has 0 saturated heterocycles. The summed E-state index contributed by atoms with van der Waals surface area (Å²) in [5.41, 5.74) is -0.810. The van der Waals surface area contributed by atoms with E-state index in [0.717, 1.165) is 4.57 Å². The highest BCUT2D eigenvalue weighted by Gasteiger charge is 2.21. The Bertz CT molecular complexity index is 809. The summed E-state index contributed by atoms with van der Waals surface area (Å²) < 4.78 is 3.52. The Labute approximate surface area is 113 Å². The Hall–Kier alpha value is -2.38. The Morgan fingerprint density at radius 1 is 1.25 bits per heavy atom. The van der Waals surface area contributed by atoms with Crippen LogP contribution in [0.5, 0.6) is 0 Å². The number of hydrogen-bond donors (Lipinski definition) is 1. The predicted octanol–water partition coefficient (Wildman–Crippen LogP) is -0.212. The van der Waals surface area contributed by atoms with Gasteiger partial charge in [-0.2, -0.15) is 0 Å². The molecule has 2 rings (SSSR count). The molecule has 0 unspecified atom stereocenters. The normalized spacial score (nSPS) is 11.4. The van der Waals surface area contributed by atoms with Crippen LogP contribution in [0.2, 0.25) is 0 Å². The molecule has 108 valence electrons. The molecule has 8 nitrogen and oxygen atoms in total. The molecule has 0 saturated carbocycles. The molecule has 1 N–H and O–H groups in total. The van der Waals surface area contributed by atoms with E-state index in [1.807, 2.05) is 13.8 Å². The van der Waals surface area contributed by atoms with Crippen LogP contribution in [0.3, 0.4) is 0 Å². The van der Waals surface area contributed by atoms with Gasteiger partial charge in [0, 0.05) is 20.6 Å². The summed E-state index contributed by atoms with van der Waals surface area (Å²) in [7, 11) is 2.82. The lowest BCUT2D eigenvalue weighted by Crippen LogP contribution is -2.39. The average Bonchev–Trinajstić information content (AvgIpc) is 2.69. The highest BCUT2D eigenvalue weighted by Crippen LogP contribution is 2.11. The van der Waals surface area contributed by atoms with E-state index in [-0.39, 0.29) is 22.9 Å². The highest BCUT2D eigenvalue weighted by atomic mass is 16.4. The predicted molar refractivity (Wildman–Crippen MR) is 72.0 cm³/mol. The maximum atomic E-state index is 12.2. The summed E-state index contributed by atoms with van der Waals surface area (Å²) >= 11 is 0. The van der Waals surface area contributed by atoms with Crippen molar-refractivity contribution in [2.24, 2.45) is 20.0 Å². The maximum Gasteiger partial charge on any atom is 0.372 e. The number of carboxylic acids is 1. The molecular formula is C12H16N4O4. The third-order valence-corrected chi connectivity index (χ3v) is 3.10. The Morgan fingerprint density at radius 2 is 1.85 bits per heavy atom. The van der Waals surface area contributed by atoms with Crippen LogP contribution in [0.25, 0.3) is 11.2 Å². The van der Waals surface area contributed by atoms with Crippen LogP contribution in [0.15, 0.2) is 9.59 Å². The van der Waals surface area contributed by atoms with Crippen molar-refractivity contribution in [3.8, 4) is 0 Å². The first-order chi connectivity index (χ1) is 9.25. The van der Waals surface area contributed by atoms with Gasteiger partial charge in [0.2, 0.25) is 5.82 Å². The lowest BCUT2D eigenvalue weighted by Gasteiger charge is -2.10. The zero-order valence-electron chi connectivity index (χ0n) is 11.7. The van der Waals surface area contributed by atoms with Crippen molar-refractivity contribution in [2.75, 3.05) is 0 Å². The van der Waals surface area contributed by atoms with Crippen molar-refractivity contribution in [1.29, 1.82) is 0 Å². The molecule has 0 aliphatic carbocycles. The molecule has 8 heteroatoms. The number of carbonyl (C=O) groups is 1. The van der Waals surface area contributed by atoms with Crippen molar-refractivity contribution in [2.45, 2.75) is 20.4 Å². The molecule has 0 spiro atoms. The van der Waals surface area contributed by atoms with Crippen LogP contribution in [0, 0.1) is 5.92 Å². The van der Waals surface area contributed by atoms with E-state index in [2.05, 4.69) is 4.98 Å². The minimum atomic E-state index is -1.24. The molecule has 0 bridgehead atoms. The Morgan fingerprint density at radius 3 is 2.35 bits per heavy atom. The van der Waals surface area contributed by atoms with Gasteiger partial charge >= 0.3 is 11.7 Å². The third kappa shape index (κ3) is 1.93. The van der Waals surface area contributed by atoms with E-state index in [0.29, 0.717) is 6.54 Å². The van der Waals surface area contributed by atoms with Crippen LogP contribution in [-0.4, -0.2) is 29.8 Å². The number of aryl methyl sites for hydroxylation is 1. The first-order valence-electron chi connectivity index (χ1n) is 6.15. The Kier molecular flexibility index (Phi) is 3.24. The van der Waals surface area contributed by atoms with Gasteiger partial charge in [-0.3, -0.25) is 13.9 Å². The lowest BCUT2D eigenvalue weighted by atomic mass is 10.2. The summed E-state index contributed by atoms with van der Waals surface area (Å²) in [4.78, 5) is 39.4. The van der Waals surface area contributed by atoms with Gasteiger partial charge in [-0.1, -0.05) is 13.8 Å². The second kappa shape index (κ2) is 4.62. The molecule has 0 aliphatic rings. The van der Waals surface area contributed by atoms with E-state index in [9.17, 15) is 14.4 Å². The highest BCUT2D eigenvalue weighted by molar-refractivity contribution is 5.88. The summed E-state index contributed by atoms with van der Waals surface area (Å²) in [6.07, 6.45) is 0. The van der Waals surface area contributed by atoms with Crippen LogP contribution >= 0.6 is 0 Å². The average molecular weight is 280 g/mol. The smallest absolute Gasteiger partial charge is 0.372 e. The van der Waals surface area contributed by atoms with Gasteiger partial charge in [0.05, 0.1) is 0 Å². The van der Waals surface area contributed by atoms with Gasteiger partial charge in [-0.15, -0.1) is 0 Å². The molecule has 0 atom stereocenters. The van der Waals surface area contributed by atoms with Crippen molar-refractivity contribution in [1.82, 2.24) is 18.7 Å². The fourth-order valence-corrected chi connectivity index (χ4v) is 2.15. The fraction of sp³-hybridized carbons (Fsp3) is 0.500. The largest absolute Gasteiger partial charge is 0.475 e. The van der Waals surface area contributed by atoms with Crippen LogP contribution in [0.4, 0.5) is 0 Å². The number of aromatic nitrogens is 4. The van der Waals surface area contributed by atoms with E-state index in [1.165, 1.54) is 23.2 Å². The first-order valence-corrected chi connectivity index (χ1v) is 6.15. The van der Waals surface area contributed by atoms with Gasteiger partial charge in [-0.05, 0) is 5.92 Å². The second-order valence-electron chi connectivity index (χ2n) is 5.12. The molecule has 2 aromatic heterocycles. The van der Waals surface area contributed by atoms with Gasteiger partial charge in [0.1, 0.15) is 0 Å². The molecule has 0 aliphatic heterocycles. The Balaban J connectivity index is 2.99. The molecule has 0 amide bonds. The minimum absolute atomic E-state index is 0.116. The second-order valence-corrected chi connectivity index (χ2v) is 5.12. The van der Waals surface area contributed by atoms with Gasteiger partial charge in [-0.25, -0.2) is 14.6 Å². The first kappa shape index (κ1) is 14.0. The summed E-state index contributed by atoms with van der Waals surface area (Å²) in [5, 5.41) is 9.09. The van der Waals surface area contributed by atoms with E-state index in [1.54, 1.807) is 0 Å². The maximum absolute atomic E-state index is 12.2. The third-order valence-electron chi connectivity index (χ3n) is 3.10. The van der Waals surface area contributed by atoms with Crippen molar-refractivity contribution in [3.63, 3.8) is 0 Å². The van der Waals surface area contributed by atoms with Crippen LogP contribution < -0.4 is 11.2 Å². The number of carboxylic acid groups (broad SMARTS) is 1. The lowest BCUT2D eigenvalue weighted by molar-refractivity contribution is 0.0680. The molecule has 2 heterocycles. The minimum Gasteiger partial charge on any atom is -0.475 e. The van der Waals surface area contributed by atoms with Crippen molar-refractivity contribution >= 4 is 17.1 Å². The summed E-state index contributed by atoms with van der Waals surface area (Å²) in [6, 6.07) is 0. The van der Waals surface area contributed by atoms with Gasteiger partial charge in [0.15, 0.2) is 11.2 Å². The monoisotopic (exact) mass is 280 g/mol. The molecule has 20 heavy (non-hydrogen) atoms. The van der Waals surface area contributed by atoms with E-state index < -0.39 is 17.2 Å². The van der Waals surface area contributed by atoms with Crippen molar-refractivity contribution < 1.29 is 9.90 Å². The van der Waals surface area contributed by atoms with Crippen LogP contribution in [-0.2, 0) is 20.6 Å². The van der Waals surface area contributed by atoms with Crippen LogP contribution in [0.1, 0.15) is 24.5 Å². The molecule has 0 aromatic carbocycles. The van der Waals surface area contributed by atoms with Crippen molar-refractivity contribution in [3.05, 3.63) is 26.7 Å². The van der Waals surface area contributed by atoms with Gasteiger partial charge < -0.3 is 9.67 Å². The zero-order valence-corrected chi connectivity index (χ0v) is 11.7.